The van der Waals surface area contributed by atoms with Gasteiger partial charge in [-0.25, -0.2) is 18.1 Å². The van der Waals surface area contributed by atoms with Gasteiger partial charge in [0.15, 0.2) is 17.3 Å². The van der Waals surface area contributed by atoms with Crippen molar-refractivity contribution in [3.63, 3.8) is 0 Å². The number of H-pyrrole nitrogens is 1. The molecule has 1 aliphatic rings. The molecular formula is C15H26N4O2S+2. The highest BCUT2D eigenvalue weighted by atomic mass is 32.2. The van der Waals surface area contributed by atoms with Crippen LogP contribution in [0, 0.1) is 0 Å². The minimum atomic E-state index is -3.51. The first-order valence-electron chi connectivity index (χ1n) is 7.66. The Morgan fingerprint density at radius 1 is 1.45 bits per heavy atom. The SMILES string of the molecule is C=CC[NH+]1CCN(c2cc[nH+]cc2S(=O)(=O)NC(C)C)CC1. The van der Waals surface area contributed by atoms with Crippen LogP contribution in [0.25, 0.3) is 0 Å². The summed E-state index contributed by atoms with van der Waals surface area (Å²) in [5.41, 5.74) is 0.768. The highest BCUT2D eigenvalue weighted by Gasteiger charge is 2.28. The molecule has 0 bridgehead atoms. The summed E-state index contributed by atoms with van der Waals surface area (Å²) in [4.78, 5) is 6.83. The van der Waals surface area contributed by atoms with E-state index in [1.807, 2.05) is 26.0 Å². The van der Waals surface area contributed by atoms with Gasteiger partial charge >= 0.3 is 0 Å². The van der Waals surface area contributed by atoms with Crippen molar-refractivity contribution in [3.8, 4) is 0 Å². The van der Waals surface area contributed by atoms with Crippen LogP contribution in [-0.4, -0.2) is 47.2 Å². The summed E-state index contributed by atoms with van der Waals surface area (Å²) >= 11 is 0. The van der Waals surface area contributed by atoms with Gasteiger partial charge in [0, 0.05) is 12.1 Å². The van der Waals surface area contributed by atoms with Crippen LogP contribution >= 0.6 is 0 Å². The average Bonchev–Trinajstić information content (AvgIpc) is 2.47. The summed E-state index contributed by atoms with van der Waals surface area (Å²) in [6, 6.07) is 1.71. The second-order valence-electron chi connectivity index (χ2n) is 5.90. The molecule has 0 unspecified atom stereocenters. The van der Waals surface area contributed by atoms with Gasteiger partial charge < -0.3 is 9.80 Å². The van der Waals surface area contributed by atoms with Crippen molar-refractivity contribution in [2.24, 2.45) is 0 Å². The number of anilines is 1. The molecule has 0 saturated carbocycles. The van der Waals surface area contributed by atoms with E-state index in [1.54, 1.807) is 12.4 Å². The summed E-state index contributed by atoms with van der Waals surface area (Å²) in [5.74, 6) is 0. The van der Waals surface area contributed by atoms with E-state index in [-0.39, 0.29) is 6.04 Å². The fourth-order valence-corrected chi connectivity index (χ4v) is 4.17. The van der Waals surface area contributed by atoms with Gasteiger partial charge in [-0.15, -0.1) is 0 Å². The summed E-state index contributed by atoms with van der Waals surface area (Å²) in [7, 11) is -3.51. The zero-order valence-electron chi connectivity index (χ0n) is 13.3. The molecule has 7 heteroatoms. The van der Waals surface area contributed by atoms with Gasteiger partial charge in [0.05, 0.1) is 38.4 Å². The molecule has 1 fully saturated rings. The van der Waals surface area contributed by atoms with E-state index in [0.717, 1.165) is 38.4 Å². The quantitative estimate of drug-likeness (QED) is 0.664. The number of rotatable bonds is 6. The second kappa shape index (κ2) is 7.21. The van der Waals surface area contributed by atoms with E-state index in [1.165, 1.54) is 4.90 Å². The molecule has 0 amide bonds. The van der Waals surface area contributed by atoms with Crippen molar-refractivity contribution in [2.75, 3.05) is 37.6 Å². The number of piperazine rings is 1. The molecule has 3 N–H and O–H groups in total. The maximum atomic E-state index is 12.5. The van der Waals surface area contributed by atoms with Crippen molar-refractivity contribution in [1.29, 1.82) is 0 Å². The largest absolute Gasteiger partial charge is 0.359 e. The lowest BCUT2D eigenvalue weighted by molar-refractivity contribution is -0.894. The molecule has 0 radical (unpaired) electrons. The lowest BCUT2D eigenvalue weighted by Crippen LogP contribution is -3.14. The predicted octanol–water partition coefficient (Wildman–Crippen LogP) is -0.922. The molecule has 2 rings (SSSR count). The summed E-state index contributed by atoms with van der Waals surface area (Å²) < 4.78 is 27.6. The van der Waals surface area contributed by atoms with Crippen molar-refractivity contribution in [1.82, 2.24) is 4.72 Å². The van der Waals surface area contributed by atoms with Gasteiger partial charge in [0.2, 0.25) is 10.0 Å². The van der Waals surface area contributed by atoms with Gasteiger partial charge in [-0.2, -0.15) is 0 Å². The molecular weight excluding hydrogens is 300 g/mol. The van der Waals surface area contributed by atoms with E-state index < -0.39 is 10.0 Å². The highest BCUT2D eigenvalue weighted by Crippen LogP contribution is 2.23. The van der Waals surface area contributed by atoms with Gasteiger partial charge in [-0.3, -0.25) is 0 Å². The Labute approximate surface area is 132 Å². The highest BCUT2D eigenvalue weighted by molar-refractivity contribution is 7.89. The molecule has 0 aliphatic carbocycles. The van der Waals surface area contributed by atoms with Crippen LogP contribution in [0.4, 0.5) is 5.69 Å². The van der Waals surface area contributed by atoms with Gasteiger partial charge in [-0.1, -0.05) is 6.58 Å². The van der Waals surface area contributed by atoms with Crippen LogP contribution < -0.4 is 19.5 Å². The van der Waals surface area contributed by atoms with Crippen molar-refractivity contribution < 1.29 is 18.3 Å². The van der Waals surface area contributed by atoms with Gasteiger partial charge in [0.1, 0.15) is 0 Å². The fourth-order valence-electron chi connectivity index (χ4n) is 2.73. The number of aromatic nitrogens is 1. The number of pyridine rings is 1. The molecule has 0 aromatic carbocycles. The Kier molecular flexibility index (Phi) is 5.55. The summed E-state index contributed by atoms with van der Waals surface area (Å²) in [5, 5.41) is 0. The normalized spacial score (nSPS) is 17.0. The first-order chi connectivity index (χ1) is 10.4. The Hall–Kier alpha value is -1.44. The molecule has 22 heavy (non-hydrogen) atoms. The molecule has 6 nitrogen and oxygen atoms in total. The Bertz CT molecular complexity index is 608. The monoisotopic (exact) mass is 326 g/mol. The molecule has 0 spiro atoms. The number of hydrogen-bond acceptors (Lipinski definition) is 3. The molecule has 1 saturated heterocycles. The lowest BCUT2D eigenvalue weighted by atomic mass is 10.2. The fraction of sp³-hybridized carbons (Fsp3) is 0.533. The predicted molar refractivity (Wildman–Crippen MR) is 86.4 cm³/mol. The van der Waals surface area contributed by atoms with Crippen molar-refractivity contribution in [2.45, 2.75) is 24.8 Å². The third-order valence-electron chi connectivity index (χ3n) is 3.73. The van der Waals surface area contributed by atoms with E-state index in [2.05, 4.69) is 21.2 Å². The standard InChI is InChI=1S/C15H24N4O2S/c1-4-7-18-8-10-19(11-9-18)14-5-6-16-12-15(14)22(20,21)17-13(2)3/h4-6,12-13,17H,1,7-11H2,2-3H3/p+2. The van der Waals surface area contributed by atoms with Crippen molar-refractivity contribution >= 4 is 15.7 Å². The molecule has 0 atom stereocenters. The van der Waals surface area contributed by atoms with Crippen LogP contribution in [0.5, 0.6) is 0 Å². The number of quaternary nitrogens is 1. The number of nitrogens with one attached hydrogen (secondary N) is 3. The van der Waals surface area contributed by atoms with Crippen LogP contribution in [0.1, 0.15) is 13.8 Å². The number of nitrogens with zero attached hydrogens (tertiary/aromatic N) is 1. The van der Waals surface area contributed by atoms with Crippen LogP contribution in [0.2, 0.25) is 0 Å². The minimum Gasteiger partial charge on any atom is -0.359 e. The molecule has 2 heterocycles. The van der Waals surface area contributed by atoms with Gasteiger partial charge in [-0.05, 0) is 19.9 Å². The first-order valence-corrected chi connectivity index (χ1v) is 9.14. The smallest absolute Gasteiger partial charge is 0.248 e. The number of hydrogen-bond donors (Lipinski definition) is 2. The average molecular weight is 326 g/mol. The third-order valence-corrected chi connectivity index (χ3v) is 5.42. The molecule has 1 aromatic rings. The molecule has 1 aliphatic heterocycles. The number of aromatic amines is 1. The van der Waals surface area contributed by atoms with Gasteiger partial charge in [0.25, 0.3) is 0 Å². The molecule has 122 valence electrons. The zero-order valence-corrected chi connectivity index (χ0v) is 14.1. The number of sulfonamides is 1. The van der Waals surface area contributed by atoms with Crippen LogP contribution in [0.3, 0.4) is 0 Å². The summed E-state index contributed by atoms with van der Waals surface area (Å²) in [6.45, 7) is 12.0. The maximum Gasteiger partial charge on any atom is 0.248 e. The topological polar surface area (TPSA) is 68.0 Å². The second-order valence-corrected chi connectivity index (χ2v) is 7.58. The van der Waals surface area contributed by atoms with E-state index in [0.29, 0.717) is 4.90 Å². The molecule has 1 aromatic heterocycles. The van der Waals surface area contributed by atoms with E-state index in [9.17, 15) is 8.42 Å². The van der Waals surface area contributed by atoms with Crippen LogP contribution in [0.15, 0.2) is 36.0 Å². The maximum absolute atomic E-state index is 12.5. The van der Waals surface area contributed by atoms with E-state index >= 15 is 0 Å². The van der Waals surface area contributed by atoms with Crippen molar-refractivity contribution in [3.05, 3.63) is 31.1 Å². The Balaban J connectivity index is 2.21. The third kappa shape index (κ3) is 4.06. The lowest BCUT2D eigenvalue weighted by Gasteiger charge is -2.33. The van der Waals surface area contributed by atoms with E-state index in [4.69, 9.17) is 0 Å². The first kappa shape index (κ1) is 16.9. The zero-order chi connectivity index (χ0) is 16.2. The minimum absolute atomic E-state index is 0.132. The Morgan fingerprint density at radius 2 is 2.14 bits per heavy atom. The van der Waals surface area contributed by atoms with Crippen LogP contribution in [-0.2, 0) is 10.0 Å². The Morgan fingerprint density at radius 3 is 2.73 bits per heavy atom. The summed E-state index contributed by atoms with van der Waals surface area (Å²) in [6.07, 6.45) is 5.26.